The Labute approximate surface area is 100 Å². The van der Waals surface area contributed by atoms with Crippen LogP contribution in [-0.4, -0.2) is 14.7 Å². The molecule has 0 fully saturated rings. The fourth-order valence-electron chi connectivity index (χ4n) is 1.74. The predicted molar refractivity (Wildman–Crippen MR) is 69.8 cm³/mol. The Morgan fingerprint density at radius 1 is 0.706 bits per heavy atom. The molecule has 0 amide bonds. The summed E-state index contributed by atoms with van der Waals surface area (Å²) >= 11 is 0. The molecular weight excluding hydrogens is 235 g/mol. The summed E-state index contributed by atoms with van der Waals surface area (Å²) in [6.07, 6.45) is -0.156. The summed E-state index contributed by atoms with van der Waals surface area (Å²) in [5.74, 6) is 0. The minimum absolute atomic E-state index is 0.156. The molecule has 0 bridgehead atoms. The van der Waals surface area contributed by atoms with Crippen molar-refractivity contribution >= 4 is 12.6 Å². The predicted octanol–water partition coefficient (Wildman–Crippen LogP) is 1.79. The summed E-state index contributed by atoms with van der Waals surface area (Å²) in [6.45, 7) is 0. The summed E-state index contributed by atoms with van der Waals surface area (Å²) in [7, 11) is -4.80. The van der Waals surface area contributed by atoms with Gasteiger partial charge < -0.3 is 0 Å². The molecule has 0 heterocycles. The van der Waals surface area contributed by atoms with Crippen molar-refractivity contribution in [1.29, 1.82) is 0 Å². The van der Waals surface area contributed by atoms with Crippen molar-refractivity contribution in [3.8, 4) is 0 Å². The molecule has 0 aromatic heterocycles. The summed E-state index contributed by atoms with van der Waals surface area (Å²) in [4.78, 5) is 30.4. The Balaban J connectivity index is 2.35. The summed E-state index contributed by atoms with van der Waals surface area (Å²) in [5.41, 5.74) is 0.696. The molecule has 17 heavy (non-hydrogen) atoms. The Morgan fingerprint density at radius 2 is 1.18 bits per heavy atom. The first-order chi connectivity index (χ1) is 7.96. The molecular formula is C13H15O3P. The van der Waals surface area contributed by atoms with Gasteiger partial charge in [-0.25, -0.2) is 0 Å². The molecule has 0 aliphatic carbocycles. The number of hydrogen-bond donors (Lipinski definition) is 3. The summed E-state index contributed by atoms with van der Waals surface area (Å²) in [5, 5.41) is 0.183. The molecule has 4 heteroatoms. The Hall–Kier alpha value is -1.25. The van der Waals surface area contributed by atoms with E-state index in [2.05, 4.69) is 0 Å². The third-order valence-electron chi connectivity index (χ3n) is 2.60. The molecule has 0 aliphatic rings. The van der Waals surface area contributed by atoms with Gasteiger partial charge in [0, 0.05) is 0 Å². The summed E-state index contributed by atoms with van der Waals surface area (Å²) < 4.78 is 0. The Bertz CT molecular complexity index is 488. The fraction of sp³-hybridized carbons (Fsp3) is 0.0769. The van der Waals surface area contributed by atoms with Crippen molar-refractivity contribution in [2.45, 2.75) is 6.16 Å². The van der Waals surface area contributed by atoms with Gasteiger partial charge in [-0.1, -0.05) is 0 Å². The maximum atomic E-state index is 10.1. The second kappa shape index (κ2) is 4.21. The zero-order chi connectivity index (χ0) is 12.4. The molecule has 3 nitrogen and oxygen atoms in total. The van der Waals surface area contributed by atoms with Crippen LogP contribution in [0, 0.1) is 0 Å². The number of benzene rings is 2. The quantitative estimate of drug-likeness (QED) is 0.728. The second-order valence-corrected chi connectivity index (χ2v) is 7.26. The van der Waals surface area contributed by atoms with Gasteiger partial charge in [-0.3, -0.25) is 0 Å². The molecule has 2 rings (SSSR count). The van der Waals surface area contributed by atoms with Gasteiger partial charge in [-0.15, -0.1) is 0 Å². The van der Waals surface area contributed by atoms with Crippen molar-refractivity contribution in [3.05, 3.63) is 66.2 Å². The van der Waals surface area contributed by atoms with Gasteiger partial charge in [0.25, 0.3) is 0 Å². The third kappa shape index (κ3) is 2.90. The molecule has 0 radical (unpaired) electrons. The molecule has 3 N–H and O–H groups in total. The monoisotopic (exact) mass is 250 g/mol. The van der Waals surface area contributed by atoms with Crippen LogP contribution in [0.4, 0.5) is 0 Å². The molecule has 2 aromatic rings. The van der Waals surface area contributed by atoms with Gasteiger partial charge in [0.05, 0.1) is 0 Å². The first-order valence-electron chi connectivity index (χ1n) is 5.31. The van der Waals surface area contributed by atoms with Crippen molar-refractivity contribution in [1.82, 2.24) is 0 Å². The zero-order valence-corrected chi connectivity index (χ0v) is 10.2. The van der Waals surface area contributed by atoms with Crippen LogP contribution in [0.15, 0.2) is 60.7 Å². The molecule has 0 atom stereocenters. The molecule has 90 valence electrons. The first-order valence-corrected chi connectivity index (χ1v) is 7.59. The average molecular weight is 250 g/mol. The van der Waals surface area contributed by atoms with E-state index in [1.54, 1.807) is 42.5 Å². The van der Waals surface area contributed by atoms with Gasteiger partial charge in [0.1, 0.15) is 0 Å². The van der Waals surface area contributed by atoms with E-state index in [1.165, 1.54) is 12.1 Å². The van der Waals surface area contributed by atoms with E-state index in [-0.39, 0.29) is 11.5 Å². The molecule has 0 saturated heterocycles. The van der Waals surface area contributed by atoms with Crippen molar-refractivity contribution in [3.63, 3.8) is 0 Å². The van der Waals surface area contributed by atoms with Crippen LogP contribution in [0.1, 0.15) is 5.56 Å². The van der Waals surface area contributed by atoms with E-state index in [0.717, 1.165) is 0 Å². The van der Waals surface area contributed by atoms with Gasteiger partial charge in [0.15, 0.2) is 0 Å². The number of rotatable bonds is 3. The molecule has 0 aliphatic heterocycles. The van der Waals surface area contributed by atoms with Gasteiger partial charge in [0.2, 0.25) is 0 Å². The second-order valence-electron chi connectivity index (χ2n) is 4.13. The SMILES string of the molecule is OP(O)(O)(Cc1ccccc1)c1ccccc1. The first kappa shape index (κ1) is 12.2. The van der Waals surface area contributed by atoms with Crippen molar-refractivity contribution in [2.24, 2.45) is 0 Å². The van der Waals surface area contributed by atoms with Crippen molar-refractivity contribution in [2.75, 3.05) is 0 Å². The van der Waals surface area contributed by atoms with Crippen LogP contribution >= 0.6 is 7.28 Å². The summed E-state index contributed by atoms with van der Waals surface area (Å²) in [6, 6.07) is 17.1. The standard InChI is InChI=1S/C13H15O3P/c14-17(15,16,13-9-5-2-6-10-13)11-12-7-3-1-4-8-12/h1-10,14-16H,11H2. The van der Waals surface area contributed by atoms with E-state index in [4.69, 9.17) is 0 Å². The maximum absolute atomic E-state index is 10.1. The van der Waals surface area contributed by atoms with Crippen LogP contribution in [0.2, 0.25) is 0 Å². The van der Waals surface area contributed by atoms with Crippen LogP contribution in [-0.2, 0) is 6.16 Å². The molecule has 2 aromatic carbocycles. The minimum atomic E-state index is -4.80. The fourth-order valence-corrected chi connectivity index (χ4v) is 3.59. The zero-order valence-electron chi connectivity index (χ0n) is 9.27. The van der Waals surface area contributed by atoms with Gasteiger partial charge in [-0.05, 0) is 0 Å². The topological polar surface area (TPSA) is 60.7 Å². The van der Waals surface area contributed by atoms with E-state index in [1.807, 2.05) is 6.07 Å². The van der Waals surface area contributed by atoms with E-state index >= 15 is 0 Å². The van der Waals surface area contributed by atoms with E-state index in [0.29, 0.717) is 5.56 Å². The van der Waals surface area contributed by atoms with Crippen LogP contribution in [0.25, 0.3) is 0 Å². The average Bonchev–Trinajstić information content (AvgIpc) is 2.30. The van der Waals surface area contributed by atoms with Crippen LogP contribution in [0.5, 0.6) is 0 Å². The number of hydrogen-bond acceptors (Lipinski definition) is 3. The van der Waals surface area contributed by atoms with Crippen molar-refractivity contribution < 1.29 is 14.7 Å². The third-order valence-corrected chi connectivity index (χ3v) is 4.91. The van der Waals surface area contributed by atoms with E-state index < -0.39 is 7.28 Å². The Kier molecular flexibility index (Phi) is 3.02. The van der Waals surface area contributed by atoms with Crippen LogP contribution in [0.3, 0.4) is 0 Å². The molecule has 0 saturated carbocycles. The van der Waals surface area contributed by atoms with Crippen LogP contribution < -0.4 is 5.30 Å². The molecule has 0 unspecified atom stereocenters. The van der Waals surface area contributed by atoms with E-state index in [9.17, 15) is 14.7 Å². The normalized spacial score (nSPS) is 13.9. The van der Waals surface area contributed by atoms with Gasteiger partial charge in [-0.2, -0.15) is 0 Å². The molecule has 0 spiro atoms. The van der Waals surface area contributed by atoms with Gasteiger partial charge >= 0.3 is 99.7 Å². The Morgan fingerprint density at radius 3 is 1.71 bits per heavy atom.